The van der Waals surface area contributed by atoms with Crippen molar-refractivity contribution < 1.29 is 4.79 Å². The first-order chi connectivity index (χ1) is 6.62. The van der Waals surface area contributed by atoms with Crippen molar-refractivity contribution in [3.05, 3.63) is 12.2 Å². The molecule has 2 heteroatoms. The van der Waals surface area contributed by atoms with Crippen LogP contribution in [0.5, 0.6) is 0 Å². The maximum atomic E-state index is 11.7. The SMILES string of the molecule is C[C@@]1(Cl)C(=O)CC2CC/C=C\CCC21. The van der Waals surface area contributed by atoms with Crippen molar-refractivity contribution in [3.63, 3.8) is 0 Å². The summed E-state index contributed by atoms with van der Waals surface area (Å²) >= 11 is 6.34. The number of carbonyl (C=O) groups excluding carboxylic acids is 1. The van der Waals surface area contributed by atoms with Gasteiger partial charge in [-0.1, -0.05) is 12.2 Å². The molecule has 2 aliphatic carbocycles. The maximum Gasteiger partial charge on any atom is 0.154 e. The zero-order chi connectivity index (χ0) is 10.2. The van der Waals surface area contributed by atoms with Gasteiger partial charge in [-0.15, -0.1) is 11.6 Å². The van der Waals surface area contributed by atoms with Crippen LogP contribution in [0.15, 0.2) is 12.2 Å². The van der Waals surface area contributed by atoms with Crippen LogP contribution < -0.4 is 0 Å². The number of hydrogen-bond donors (Lipinski definition) is 0. The number of hydrogen-bond acceptors (Lipinski definition) is 1. The van der Waals surface area contributed by atoms with Crippen LogP contribution in [0.25, 0.3) is 0 Å². The van der Waals surface area contributed by atoms with E-state index >= 15 is 0 Å². The van der Waals surface area contributed by atoms with Crippen molar-refractivity contribution in [2.24, 2.45) is 11.8 Å². The number of fused-ring (bicyclic) bond motifs is 1. The Morgan fingerprint density at radius 3 is 2.71 bits per heavy atom. The van der Waals surface area contributed by atoms with Crippen molar-refractivity contribution >= 4 is 17.4 Å². The highest BCUT2D eigenvalue weighted by molar-refractivity contribution is 6.36. The molecule has 0 aliphatic heterocycles. The first kappa shape index (κ1) is 10.2. The smallest absolute Gasteiger partial charge is 0.154 e. The van der Waals surface area contributed by atoms with Crippen LogP contribution in [0.2, 0.25) is 0 Å². The molecule has 2 aliphatic rings. The van der Waals surface area contributed by atoms with Gasteiger partial charge in [0.25, 0.3) is 0 Å². The summed E-state index contributed by atoms with van der Waals surface area (Å²) in [5.41, 5.74) is 0. The minimum atomic E-state index is -0.574. The van der Waals surface area contributed by atoms with Crippen LogP contribution >= 0.6 is 11.6 Å². The largest absolute Gasteiger partial charge is 0.298 e. The van der Waals surface area contributed by atoms with Gasteiger partial charge in [0.2, 0.25) is 0 Å². The summed E-state index contributed by atoms with van der Waals surface area (Å²) in [7, 11) is 0. The van der Waals surface area contributed by atoms with Gasteiger partial charge in [0.05, 0.1) is 0 Å². The van der Waals surface area contributed by atoms with E-state index < -0.39 is 4.87 Å². The molecule has 0 aromatic heterocycles. The monoisotopic (exact) mass is 212 g/mol. The highest BCUT2D eigenvalue weighted by Gasteiger charge is 2.49. The number of alkyl halides is 1. The van der Waals surface area contributed by atoms with E-state index in [1.165, 1.54) is 0 Å². The summed E-state index contributed by atoms with van der Waals surface area (Å²) < 4.78 is 0. The van der Waals surface area contributed by atoms with Crippen LogP contribution in [0, 0.1) is 11.8 Å². The molecule has 1 fully saturated rings. The van der Waals surface area contributed by atoms with Crippen LogP contribution in [-0.2, 0) is 4.79 Å². The van der Waals surface area contributed by atoms with Gasteiger partial charge in [-0.05, 0) is 44.4 Å². The Kier molecular flexibility index (Phi) is 2.70. The molecule has 1 saturated carbocycles. The van der Waals surface area contributed by atoms with Crippen LogP contribution in [0.4, 0.5) is 0 Å². The van der Waals surface area contributed by atoms with E-state index in [4.69, 9.17) is 11.6 Å². The molecule has 0 spiro atoms. The van der Waals surface area contributed by atoms with Gasteiger partial charge in [-0.25, -0.2) is 0 Å². The van der Waals surface area contributed by atoms with Gasteiger partial charge in [-0.3, -0.25) is 4.79 Å². The summed E-state index contributed by atoms with van der Waals surface area (Å²) in [5.74, 6) is 1.20. The third-order valence-electron chi connectivity index (χ3n) is 3.77. The summed E-state index contributed by atoms with van der Waals surface area (Å²) in [5, 5.41) is 0. The summed E-state index contributed by atoms with van der Waals surface area (Å²) in [6.07, 6.45) is 9.58. The number of ketones is 1. The first-order valence-corrected chi connectivity index (χ1v) is 5.87. The molecule has 1 nitrogen and oxygen atoms in total. The molecule has 14 heavy (non-hydrogen) atoms. The van der Waals surface area contributed by atoms with Crippen LogP contribution in [-0.4, -0.2) is 10.7 Å². The summed E-state index contributed by atoms with van der Waals surface area (Å²) in [4.78, 5) is 11.2. The third kappa shape index (κ3) is 1.63. The molecule has 78 valence electrons. The molecule has 2 rings (SSSR count). The molecular formula is C12H17ClO. The number of rotatable bonds is 0. The highest BCUT2D eigenvalue weighted by Crippen LogP contribution is 2.47. The zero-order valence-corrected chi connectivity index (χ0v) is 9.39. The van der Waals surface area contributed by atoms with E-state index in [1.807, 2.05) is 6.92 Å². The molecular weight excluding hydrogens is 196 g/mol. The molecule has 0 N–H and O–H groups in total. The normalized spacial score (nSPS) is 45.4. The lowest BCUT2D eigenvalue weighted by Gasteiger charge is -2.27. The maximum absolute atomic E-state index is 11.7. The van der Waals surface area contributed by atoms with E-state index in [2.05, 4.69) is 12.2 Å². The first-order valence-electron chi connectivity index (χ1n) is 5.49. The van der Waals surface area contributed by atoms with Crippen LogP contribution in [0.1, 0.15) is 39.0 Å². The van der Waals surface area contributed by atoms with Gasteiger partial charge >= 0.3 is 0 Å². The molecule has 3 atom stereocenters. The van der Waals surface area contributed by atoms with Crippen molar-refractivity contribution in [2.75, 3.05) is 0 Å². The average molecular weight is 213 g/mol. The molecule has 0 heterocycles. The van der Waals surface area contributed by atoms with Crippen molar-refractivity contribution in [3.8, 4) is 0 Å². The zero-order valence-electron chi connectivity index (χ0n) is 8.63. The Morgan fingerprint density at radius 1 is 1.36 bits per heavy atom. The van der Waals surface area contributed by atoms with Crippen molar-refractivity contribution in [1.82, 2.24) is 0 Å². The second-order valence-electron chi connectivity index (χ2n) is 4.70. The number of allylic oxidation sites excluding steroid dienone is 2. The second kappa shape index (κ2) is 3.69. The Morgan fingerprint density at radius 2 is 2.00 bits per heavy atom. The Balaban J connectivity index is 2.19. The van der Waals surface area contributed by atoms with E-state index in [-0.39, 0.29) is 5.78 Å². The minimum Gasteiger partial charge on any atom is -0.298 e. The van der Waals surface area contributed by atoms with Gasteiger partial charge in [0, 0.05) is 6.42 Å². The summed E-state index contributed by atoms with van der Waals surface area (Å²) in [6.45, 7) is 1.91. The lowest BCUT2D eigenvalue weighted by Crippen LogP contribution is -2.31. The van der Waals surface area contributed by atoms with Crippen molar-refractivity contribution in [1.29, 1.82) is 0 Å². The predicted molar refractivity (Wildman–Crippen MR) is 58.5 cm³/mol. The molecule has 0 aromatic rings. The fourth-order valence-corrected chi connectivity index (χ4v) is 3.23. The lowest BCUT2D eigenvalue weighted by atomic mass is 9.82. The van der Waals surface area contributed by atoms with E-state index in [0.29, 0.717) is 18.3 Å². The predicted octanol–water partition coefficient (Wildman–Crippen LogP) is 3.32. The van der Waals surface area contributed by atoms with E-state index in [1.54, 1.807) is 0 Å². The van der Waals surface area contributed by atoms with Gasteiger partial charge < -0.3 is 0 Å². The fraction of sp³-hybridized carbons (Fsp3) is 0.750. The molecule has 0 aromatic carbocycles. The highest BCUT2D eigenvalue weighted by atomic mass is 35.5. The Bertz CT molecular complexity index is 267. The van der Waals surface area contributed by atoms with Gasteiger partial charge in [0.15, 0.2) is 5.78 Å². The molecule has 0 saturated heterocycles. The number of halogens is 1. The number of Topliss-reactive ketones (excluding diaryl/α,β-unsaturated/α-hetero) is 1. The fourth-order valence-electron chi connectivity index (χ4n) is 2.86. The topological polar surface area (TPSA) is 17.1 Å². The van der Waals surface area contributed by atoms with Crippen LogP contribution in [0.3, 0.4) is 0 Å². The van der Waals surface area contributed by atoms with Gasteiger partial charge in [-0.2, -0.15) is 0 Å². The van der Waals surface area contributed by atoms with E-state index in [0.717, 1.165) is 25.7 Å². The average Bonchev–Trinajstić information content (AvgIpc) is 2.26. The quantitative estimate of drug-likeness (QED) is 0.445. The van der Waals surface area contributed by atoms with Gasteiger partial charge in [0.1, 0.15) is 4.87 Å². The number of carbonyl (C=O) groups is 1. The standard InChI is InChI=1S/C12H17ClO/c1-12(13)10-7-5-3-2-4-6-9(10)8-11(12)14/h2-3,9-10H,4-8H2,1H3/b3-2-/t9?,10?,12-/m0/s1. The second-order valence-corrected chi connectivity index (χ2v) is 5.48. The van der Waals surface area contributed by atoms with Crippen molar-refractivity contribution in [2.45, 2.75) is 43.9 Å². The Labute approximate surface area is 90.5 Å². The molecule has 0 bridgehead atoms. The minimum absolute atomic E-state index is 0.260. The molecule has 2 unspecified atom stereocenters. The molecule has 0 amide bonds. The lowest BCUT2D eigenvalue weighted by molar-refractivity contribution is -0.119. The van der Waals surface area contributed by atoms with E-state index in [9.17, 15) is 4.79 Å². The molecule has 0 radical (unpaired) electrons. The Hall–Kier alpha value is -0.300. The summed E-state index contributed by atoms with van der Waals surface area (Å²) in [6, 6.07) is 0. The third-order valence-corrected chi connectivity index (χ3v) is 4.26.